The Morgan fingerprint density at radius 1 is 1.64 bits per heavy atom. The van der Waals surface area contributed by atoms with Gasteiger partial charge in [-0.1, -0.05) is 0 Å². The summed E-state index contributed by atoms with van der Waals surface area (Å²) in [5, 5.41) is 9.96. The topological polar surface area (TPSA) is 95.8 Å². The number of primary amides is 1. The number of amides is 1. The summed E-state index contributed by atoms with van der Waals surface area (Å²) >= 11 is 0. The van der Waals surface area contributed by atoms with Crippen molar-refractivity contribution in [2.24, 2.45) is 5.73 Å². The van der Waals surface area contributed by atoms with E-state index >= 15 is 0 Å². The van der Waals surface area contributed by atoms with E-state index in [9.17, 15) is 14.7 Å². The van der Waals surface area contributed by atoms with E-state index in [-0.39, 0.29) is 58.0 Å². The number of hydrogen-bond donors (Lipinski definition) is 1. The number of nitrogens with two attached hydrogens (primary N) is 1. The van der Waals surface area contributed by atoms with Crippen LogP contribution in [0.5, 0.6) is 0 Å². The number of carbonyl (C=O) groups is 2. The summed E-state index contributed by atoms with van der Waals surface area (Å²) in [5.74, 6) is -2.06. The SMILES string of the molecule is NC(=O)C1(CC(=O)[O-])CO1.[K+]. The van der Waals surface area contributed by atoms with Crippen molar-refractivity contribution in [3.63, 3.8) is 0 Å². The molecule has 0 aliphatic carbocycles. The fraction of sp³-hybridized carbons (Fsp3) is 0.600. The predicted octanol–water partition coefficient (Wildman–Crippen LogP) is -5.62. The van der Waals surface area contributed by atoms with E-state index in [0.29, 0.717) is 0 Å². The smallest absolute Gasteiger partial charge is 0.550 e. The van der Waals surface area contributed by atoms with Crippen molar-refractivity contribution in [2.45, 2.75) is 12.0 Å². The Kier molecular flexibility index (Phi) is 4.16. The van der Waals surface area contributed by atoms with Crippen LogP contribution in [0.1, 0.15) is 6.42 Å². The van der Waals surface area contributed by atoms with Gasteiger partial charge in [-0.05, 0) is 0 Å². The number of ether oxygens (including phenoxy) is 1. The molecule has 1 aliphatic rings. The van der Waals surface area contributed by atoms with Crippen molar-refractivity contribution in [1.29, 1.82) is 0 Å². The van der Waals surface area contributed by atoms with Crippen molar-refractivity contribution in [3.05, 3.63) is 0 Å². The number of carbonyl (C=O) groups excluding carboxylic acids is 2. The van der Waals surface area contributed by atoms with Gasteiger partial charge in [-0.25, -0.2) is 0 Å². The molecule has 0 spiro atoms. The Hall–Kier alpha value is 0.536. The van der Waals surface area contributed by atoms with Gasteiger partial charge in [-0.2, -0.15) is 0 Å². The van der Waals surface area contributed by atoms with Gasteiger partial charge in [0.15, 0.2) is 5.60 Å². The van der Waals surface area contributed by atoms with Gasteiger partial charge < -0.3 is 20.4 Å². The summed E-state index contributed by atoms with van der Waals surface area (Å²) in [6.07, 6.45) is -0.442. The fourth-order valence-electron chi connectivity index (χ4n) is 0.652. The molecule has 0 radical (unpaired) electrons. The van der Waals surface area contributed by atoms with Crippen molar-refractivity contribution < 1.29 is 70.8 Å². The Bertz CT molecular complexity index is 189. The predicted molar refractivity (Wildman–Crippen MR) is 27.5 cm³/mol. The van der Waals surface area contributed by atoms with E-state index in [1.807, 2.05) is 0 Å². The minimum Gasteiger partial charge on any atom is -0.550 e. The summed E-state index contributed by atoms with van der Waals surface area (Å²) in [6, 6.07) is 0. The maximum Gasteiger partial charge on any atom is 1.00 e. The average molecular weight is 183 g/mol. The van der Waals surface area contributed by atoms with Crippen LogP contribution >= 0.6 is 0 Å². The first-order chi connectivity index (χ1) is 4.57. The average Bonchev–Trinajstić information content (AvgIpc) is 2.46. The summed E-state index contributed by atoms with van der Waals surface area (Å²) in [4.78, 5) is 20.4. The van der Waals surface area contributed by atoms with Crippen molar-refractivity contribution >= 4 is 11.9 Å². The summed E-state index contributed by atoms with van der Waals surface area (Å²) in [6.45, 7) is 0.0936. The second kappa shape index (κ2) is 3.97. The molecule has 0 aromatic heterocycles. The molecule has 0 aromatic rings. The molecule has 1 atom stereocenters. The largest absolute Gasteiger partial charge is 1.00 e. The van der Waals surface area contributed by atoms with E-state index < -0.39 is 23.9 Å². The molecule has 1 saturated heterocycles. The third-order valence-electron chi connectivity index (χ3n) is 1.37. The van der Waals surface area contributed by atoms with Gasteiger partial charge in [0, 0.05) is 12.4 Å². The zero-order chi connectivity index (χ0) is 7.78. The third-order valence-corrected chi connectivity index (χ3v) is 1.37. The van der Waals surface area contributed by atoms with Crippen LogP contribution in [0.15, 0.2) is 0 Å². The maximum absolute atomic E-state index is 10.4. The second-order valence-corrected chi connectivity index (χ2v) is 2.20. The zero-order valence-electron chi connectivity index (χ0n) is 6.12. The Morgan fingerprint density at radius 2 is 2.09 bits per heavy atom. The first-order valence-electron chi connectivity index (χ1n) is 2.70. The molecule has 1 fully saturated rings. The molecule has 0 bridgehead atoms. The van der Waals surface area contributed by atoms with E-state index in [2.05, 4.69) is 4.74 Å². The van der Waals surface area contributed by atoms with Crippen LogP contribution in [-0.4, -0.2) is 24.1 Å². The number of carboxylic acid groups (broad SMARTS) is 1. The van der Waals surface area contributed by atoms with Gasteiger partial charge in [0.1, 0.15) is 0 Å². The molecule has 1 aliphatic heterocycles. The first-order valence-corrected chi connectivity index (χ1v) is 2.70. The molecule has 0 saturated carbocycles. The van der Waals surface area contributed by atoms with Crippen molar-refractivity contribution in [2.75, 3.05) is 6.61 Å². The normalized spacial score (nSPS) is 26.9. The quantitative estimate of drug-likeness (QED) is 0.348. The Balaban J connectivity index is 0.000001000. The Morgan fingerprint density at radius 3 is 2.18 bits per heavy atom. The Labute approximate surface area is 106 Å². The monoisotopic (exact) mass is 183 g/mol. The van der Waals surface area contributed by atoms with E-state index in [4.69, 9.17) is 5.73 Å². The van der Waals surface area contributed by atoms with Gasteiger partial charge in [-0.3, -0.25) is 4.79 Å². The van der Waals surface area contributed by atoms with Gasteiger partial charge in [0.05, 0.1) is 6.61 Å². The van der Waals surface area contributed by atoms with Crippen LogP contribution in [-0.2, 0) is 14.3 Å². The molecule has 1 heterocycles. The summed E-state index contributed by atoms with van der Waals surface area (Å²) in [5.41, 5.74) is 3.57. The number of aliphatic carboxylic acids is 1. The van der Waals surface area contributed by atoms with Crippen LogP contribution in [0, 0.1) is 0 Å². The van der Waals surface area contributed by atoms with Gasteiger partial charge in [0.2, 0.25) is 0 Å². The minimum absolute atomic E-state index is 0. The molecular weight excluding hydrogens is 177 g/mol. The molecular formula is C5H6KNO4. The van der Waals surface area contributed by atoms with Crippen LogP contribution in [0.4, 0.5) is 0 Å². The zero-order valence-corrected chi connectivity index (χ0v) is 9.25. The van der Waals surface area contributed by atoms with Crippen molar-refractivity contribution in [3.8, 4) is 0 Å². The van der Waals surface area contributed by atoms with Crippen molar-refractivity contribution in [1.82, 2.24) is 0 Å². The third kappa shape index (κ3) is 2.81. The molecule has 6 heteroatoms. The standard InChI is InChI=1S/C5H7NO4.K/c6-4(9)5(2-10-5)1-3(7)8;/h1-2H2,(H2,6,9)(H,7,8);/q;+1/p-1. The van der Waals surface area contributed by atoms with E-state index in [1.54, 1.807) is 0 Å². The maximum atomic E-state index is 10.4. The molecule has 1 rings (SSSR count). The molecule has 11 heavy (non-hydrogen) atoms. The first kappa shape index (κ1) is 11.5. The molecule has 5 nitrogen and oxygen atoms in total. The van der Waals surface area contributed by atoms with E-state index in [0.717, 1.165) is 0 Å². The van der Waals surface area contributed by atoms with Gasteiger partial charge >= 0.3 is 51.4 Å². The number of hydrogen-bond acceptors (Lipinski definition) is 4. The second-order valence-electron chi connectivity index (χ2n) is 2.20. The molecule has 0 aromatic carbocycles. The van der Waals surface area contributed by atoms with Crippen LogP contribution in [0.2, 0.25) is 0 Å². The number of epoxide rings is 1. The van der Waals surface area contributed by atoms with Crippen LogP contribution in [0.3, 0.4) is 0 Å². The van der Waals surface area contributed by atoms with Crippen LogP contribution in [0.25, 0.3) is 0 Å². The molecule has 1 unspecified atom stereocenters. The van der Waals surface area contributed by atoms with Gasteiger partial charge in [0.25, 0.3) is 5.91 Å². The summed E-state index contributed by atoms with van der Waals surface area (Å²) < 4.78 is 4.57. The fourth-order valence-corrected chi connectivity index (χ4v) is 0.652. The van der Waals surface area contributed by atoms with E-state index in [1.165, 1.54) is 0 Å². The summed E-state index contributed by atoms with van der Waals surface area (Å²) in [7, 11) is 0. The minimum atomic E-state index is -1.32. The number of rotatable bonds is 3. The number of carboxylic acids is 1. The van der Waals surface area contributed by atoms with Gasteiger partial charge in [-0.15, -0.1) is 0 Å². The molecule has 56 valence electrons. The molecule has 1 amide bonds. The van der Waals surface area contributed by atoms with Crippen LogP contribution < -0.4 is 62.2 Å². The molecule has 2 N–H and O–H groups in total.